The third kappa shape index (κ3) is 1.63. The Morgan fingerprint density at radius 2 is 2.38 bits per heavy atom. The molecule has 1 heterocycles. The number of nitriles is 1. The summed E-state index contributed by atoms with van der Waals surface area (Å²) in [5.41, 5.74) is 2.76. The van der Waals surface area contributed by atoms with Gasteiger partial charge in [0.2, 0.25) is 6.41 Å². The highest BCUT2D eigenvalue weighted by Gasteiger charge is 2.06. The van der Waals surface area contributed by atoms with Crippen molar-refractivity contribution < 1.29 is 4.79 Å². The average molecular weight is 213 g/mol. The van der Waals surface area contributed by atoms with Gasteiger partial charge in [0.05, 0.1) is 12.5 Å². The fourth-order valence-corrected chi connectivity index (χ4v) is 1.68. The van der Waals surface area contributed by atoms with E-state index in [1.165, 1.54) is 4.90 Å². The number of nitrogens with one attached hydrogen (secondary N) is 1. The van der Waals surface area contributed by atoms with Crippen molar-refractivity contribution in [1.29, 1.82) is 5.26 Å². The van der Waals surface area contributed by atoms with Crippen LogP contribution in [0.4, 0.5) is 5.69 Å². The molecule has 0 saturated carbocycles. The summed E-state index contributed by atoms with van der Waals surface area (Å²) in [5, 5.41) is 9.68. The van der Waals surface area contributed by atoms with Gasteiger partial charge in [0, 0.05) is 29.8 Å². The van der Waals surface area contributed by atoms with E-state index >= 15 is 0 Å². The molecule has 2 aromatic rings. The van der Waals surface area contributed by atoms with E-state index in [2.05, 4.69) is 11.1 Å². The number of rotatable bonds is 3. The van der Waals surface area contributed by atoms with Crippen LogP contribution < -0.4 is 4.90 Å². The van der Waals surface area contributed by atoms with Crippen molar-refractivity contribution in [2.75, 3.05) is 11.9 Å². The van der Waals surface area contributed by atoms with Crippen LogP contribution in [-0.4, -0.2) is 18.4 Å². The normalized spacial score (nSPS) is 10.0. The Bertz CT molecular complexity index is 565. The number of anilines is 1. The van der Waals surface area contributed by atoms with Crippen molar-refractivity contribution in [3.63, 3.8) is 0 Å². The second-order valence-corrected chi connectivity index (χ2v) is 3.60. The molecule has 0 atom stereocenters. The molecule has 0 saturated heterocycles. The van der Waals surface area contributed by atoms with Crippen LogP contribution in [0.5, 0.6) is 0 Å². The summed E-state index contributed by atoms with van der Waals surface area (Å²) in [6, 6.07) is 7.80. The van der Waals surface area contributed by atoms with Gasteiger partial charge in [-0.25, -0.2) is 0 Å². The first-order valence-electron chi connectivity index (χ1n) is 4.91. The first kappa shape index (κ1) is 10.2. The first-order chi connectivity index (χ1) is 7.76. The highest BCUT2D eigenvalue weighted by atomic mass is 16.1. The molecule has 4 heteroatoms. The molecule has 1 N–H and O–H groups in total. The molecule has 0 fully saturated rings. The fourth-order valence-electron chi connectivity index (χ4n) is 1.68. The summed E-state index contributed by atoms with van der Waals surface area (Å²) < 4.78 is 0. The summed E-state index contributed by atoms with van der Waals surface area (Å²) in [6.45, 7) is 0. The average Bonchev–Trinajstić information content (AvgIpc) is 2.71. The van der Waals surface area contributed by atoms with Gasteiger partial charge < -0.3 is 9.88 Å². The van der Waals surface area contributed by atoms with Gasteiger partial charge in [-0.05, 0) is 23.8 Å². The third-order valence-electron chi connectivity index (χ3n) is 2.59. The number of benzene rings is 1. The molecule has 0 aliphatic heterocycles. The number of nitrogens with zero attached hydrogens (tertiary/aromatic N) is 2. The molecule has 2 rings (SSSR count). The van der Waals surface area contributed by atoms with Gasteiger partial charge in [-0.2, -0.15) is 5.26 Å². The van der Waals surface area contributed by atoms with E-state index in [9.17, 15) is 4.79 Å². The maximum atomic E-state index is 10.7. The van der Waals surface area contributed by atoms with E-state index in [1.54, 1.807) is 7.05 Å². The molecule has 0 spiro atoms. The Balaban J connectivity index is 2.54. The summed E-state index contributed by atoms with van der Waals surface area (Å²) in [7, 11) is 1.70. The molecule has 0 bridgehead atoms. The van der Waals surface area contributed by atoms with Crippen LogP contribution in [-0.2, 0) is 11.2 Å². The predicted octanol–water partition coefficient (Wildman–Crippen LogP) is 1.83. The van der Waals surface area contributed by atoms with Crippen LogP contribution in [0.25, 0.3) is 10.9 Å². The van der Waals surface area contributed by atoms with Crippen molar-refractivity contribution >= 4 is 23.0 Å². The summed E-state index contributed by atoms with van der Waals surface area (Å²) in [6.07, 6.45) is 2.96. The maximum absolute atomic E-state index is 10.7. The Hall–Kier alpha value is -2.28. The maximum Gasteiger partial charge on any atom is 0.213 e. The van der Waals surface area contributed by atoms with Gasteiger partial charge in [-0.1, -0.05) is 0 Å². The number of carbonyl (C=O) groups is 1. The quantitative estimate of drug-likeness (QED) is 0.790. The van der Waals surface area contributed by atoms with Crippen LogP contribution in [0.3, 0.4) is 0 Å². The van der Waals surface area contributed by atoms with E-state index in [0.29, 0.717) is 6.42 Å². The van der Waals surface area contributed by atoms with Gasteiger partial charge in [-0.3, -0.25) is 4.79 Å². The van der Waals surface area contributed by atoms with E-state index in [-0.39, 0.29) is 0 Å². The zero-order chi connectivity index (χ0) is 11.5. The Morgan fingerprint density at radius 3 is 3.06 bits per heavy atom. The van der Waals surface area contributed by atoms with E-state index in [0.717, 1.165) is 28.6 Å². The lowest BCUT2D eigenvalue weighted by Gasteiger charge is -2.10. The lowest BCUT2D eigenvalue weighted by molar-refractivity contribution is -0.107. The SMILES string of the molecule is CN(C=O)c1ccc2[nH]cc(CC#N)c2c1. The summed E-state index contributed by atoms with van der Waals surface area (Å²) in [5.74, 6) is 0. The number of H-pyrrole nitrogens is 1. The summed E-state index contributed by atoms with van der Waals surface area (Å²) in [4.78, 5) is 15.3. The molecule has 0 unspecified atom stereocenters. The third-order valence-corrected chi connectivity index (χ3v) is 2.59. The number of amides is 1. The standard InChI is InChI=1S/C12H11N3O/c1-15(8-16)10-2-3-12-11(6-10)9(4-5-13)7-14-12/h2-3,6-8,14H,4H2,1H3. The molecule has 16 heavy (non-hydrogen) atoms. The highest BCUT2D eigenvalue weighted by Crippen LogP contribution is 2.23. The van der Waals surface area contributed by atoms with Crippen LogP contribution >= 0.6 is 0 Å². The molecular weight excluding hydrogens is 202 g/mol. The minimum absolute atomic E-state index is 0.369. The fraction of sp³-hybridized carbons (Fsp3) is 0.167. The molecule has 4 nitrogen and oxygen atoms in total. The van der Waals surface area contributed by atoms with Crippen molar-refractivity contribution in [1.82, 2.24) is 4.98 Å². The number of aromatic amines is 1. The van der Waals surface area contributed by atoms with E-state index in [4.69, 9.17) is 5.26 Å². The van der Waals surface area contributed by atoms with Crippen LogP contribution in [0, 0.1) is 11.3 Å². The summed E-state index contributed by atoms with van der Waals surface area (Å²) >= 11 is 0. The van der Waals surface area contributed by atoms with E-state index in [1.807, 2.05) is 24.4 Å². The smallest absolute Gasteiger partial charge is 0.213 e. The molecule has 1 aromatic heterocycles. The molecule has 1 amide bonds. The monoisotopic (exact) mass is 213 g/mol. The van der Waals surface area contributed by atoms with Crippen LogP contribution in [0.1, 0.15) is 5.56 Å². The zero-order valence-electron chi connectivity index (χ0n) is 8.90. The van der Waals surface area contributed by atoms with Crippen molar-refractivity contribution in [2.24, 2.45) is 0 Å². The molecule has 80 valence electrons. The Morgan fingerprint density at radius 1 is 1.56 bits per heavy atom. The minimum atomic E-state index is 0.369. The lowest BCUT2D eigenvalue weighted by Crippen LogP contribution is -2.13. The molecule has 0 radical (unpaired) electrons. The second-order valence-electron chi connectivity index (χ2n) is 3.60. The largest absolute Gasteiger partial charge is 0.361 e. The van der Waals surface area contributed by atoms with Gasteiger partial charge in [0.1, 0.15) is 0 Å². The highest BCUT2D eigenvalue weighted by molar-refractivity contribution is 5.89. The van der Waals surface area contributed by atoms with E-state index < -0.39 is 0 Å². The number of hydrogen-bond donors (Lipinski definition) is 1. The zero-order valence-corrected chi connectivity index (χ0v) is 8.90. The molecule has 1 aromatic carbocycles. The predicted molar refractivity (Wildman–Crippen MR) is 62.1 cm³/mol. The number of fused-ring (bicyclic) bond motifs is 1. The Labute approximate surface area is 93.1 Å². The van der Waals surface area contributed by atoms with Crippen molar-refractivity contribution in [3.8, 4) is 6.07 Å². The van der Waals surface area contributed by atoms with Crippen molar-refractivity contribution in [2.45, 2.75) is 6.42 Å². The van der Waals surface area contributed by atoms with Gasteiger partial charge >= 0.3 is 0 Å². The number of carbonyl (C=O) groups excluding carboxylic acids is 1. The van der Waals surface area contributed by atoms with Gasteiger partial charge in [0.15, 0.2) is 0 Å². The van der Waals surface area contributed by atoms with Crippen molar-refractivity contribution in [3.05, 3.63) is 30.0 Å². The molecule has 0 aliphatic rings. The number of hydrogen-bond acceptors (Lipinski definition) is 2. The van der Waals surface area contributed by atoms with Gasteiger partial charge in [0.25, 0.3) is 0 Å². The number of aromatic nitrogens is 1. The second kappa shape index (κ2) is 4.07. The van der Waals surface area contributed by atoms with Crippen LogP contribution in [0.2, 0.25) is 0 Å². The van der Waals surface area contributed by atoms with Gasteiger partial charge in [-0.15, -0.1) is 0 Å². The minimum Gasteiger partial charge on any atom is -0.361 e. The lowest BCUT2D eigenvalue weighted by atomic mass is 10.1. The molecule has 0 aliphatic carbocycles. The first-order valence-corrected chi connectivity index (χ1v) is 4.91. The molecular formula is C12H11N3O. The van der Waals surface area contributed by atoms with Crippen LogP contribution in [0.15, 0.2) is 24.4 Å². The topological polar surface area (TPSA) is 59.9 Å². The Kier molecular flexibility index (Phi) is 2.61.